The molecule has 2 saturated carbocycles. The molecule has 35 heavy (non-hydrogen) atoms. The zero-order valence-corrected chi connectivity index (χ0v) is 20.8. The normalized spacial score (nSPS) is 27.8. The van der Waals surface area contributed by atoms with Crippen LogP contribution < -0.4 is 16.6 Å². The Labute approximate surface area is 207 Å². The maximum atomic E-state index is 13.7. The standard InChI is InChI=1S/C24H30F2N6O2S/c1-4-9-35-23-30-21(28-16-7-8-18-20(16)34-24(2,3)33-18)19(32-27)22(31-23)29-17-11-13(17)12-5-6-14(25)15(26)10-12/h5-6,10,13,16,18,20,32H,4,7-9,11,27H2,1-3H3,(H,28,30,31). The van der Waals surface area contributed by atoms with E-state index >= 15 is 0 Å². The average Bonchev–Trinajstić information content (AvgIpc) is 3.39. The number of hydrogen-bond donors (Lipinski definition) is 3. The maximum Gasteiger partial charge on any atom is 0.191 e. The first kappa shape index (κ1) is 24.4. The molecule has 1 aliphatic heterocycles. The number of anilines is 2. The summed E-state index contributed by atoms with van der Waals surface area (Å²) < 4.78 is 39.2. The van der Waals surface area contributed by atoms with Crippen LogP contribution in [0.15, 0.2) is 28.3 Å². The van der Waals surface area contributed by atoms with Gasteiger partial charge in [-0.3, -0.25) is 5.84 Å². The Morgan fingerprint density at radius 3 is 2.77 bits per heavy atom. The zero-order chi connectivity index (χ0) is 24.7. The van der Waals surface area contributed by atoms with Crippen molar-refractivity contribution in [1.82, 2.24) is 9.97 Å². The fourth-order valence-corrected chi connectivity index (χ4v) is 5.41. The summed E-state index contributed by atoms with van der Waals surface area (Å²) in [6.45, 7) is 5.94. The van der Waals surface area contributed by atoms with Crippen molar-refractivity contribution in [2.75, 3.05) is 16.5 Å². The first-order chi connectivity index (χ1) is 16.8. The predicted octanol–water partition coefficient (Wildman–Crippen LogP) is 4.90. The molecule has 1 aromatic heterocycles. The number of hydrogen-bond acceptors (Lipinski definition) is 9. The molecule has 188 valence electrons. The van der Waals surface area contributed by atoms with Crippen molar-refractivity contribution in [1.29, 1.82) is 0 Å². The van der Waals surface area contributed by atoms with Crippen LogP contribution in [-0.4, -0.2) is 45.5 Å². The Morgan fingerprint density at radius 1 is 1.20 bits per heavy atom. The number of nitrogens with two attached hydrogens (primary N) is 1. The number of nitrogens with one attached hydrogen (secondary N) is 2. The molecule has 0 spiro atoms. The fourth-order valence-electron chi connectivity index (χ4n) is 4.72. The van der Waals surface area contributed by atoms with Crippen LogP contribution in [0.3, 0.4) is 0 Å². The fraction of sp³-hybridized carbons (Fsp3) is 0.542. The summed E-state index contributed by atoms with van der Waals surface area (Å²) in [6.07, 6.45) is 3.33. The van der Waals surface area contributed by atoms with Gasteiger partial charge in [0.1, 0.15) is 11.8 Å². The molecule has 2 aliphatic carbocycles. The third kappa shape index (κ3) is 5.13. The minimum Gasteiger partial charge on any atom is -0.363 e. The molecule has 0 radical (unpaired) electrons. The van der Waals surface area contributed by atoms with Crippen molar-refractivity contribution in [3.8, 4) is 0 Å². The molecular weight excluding hydrogens is 474 g/mol. The molecule has 1 aromatic carbocycles. The minimum absolute atomic E-state index is 0.00386. The molecule has 1 saturated heterocycles. The zero-order valence-electron chi connectivity index (χ0n) is 20.0. The number of aliphatic imine (C=N–C) groups is 1. The number of hydrazine groups is 1. The summed E-state index contributed by atoms with van der Waals surface area (Å²) in [5, 5.41) is 4.10. The highest BCUT2D eigenvalue weighted by atomic mass is 32.2. The second-order valence-electron chi connectivity index (χ2n) is 9.55. The van der Waals surface area contributed by atoms with Crippen LogP contribution in [0.5, 0.6) is 0 Å². The first-order valence-electron chi connectivity index (χ1n) is 11.9. The first-order valence-corrected chi connectivity index (χ1v) is 12.9. The Balaban J connectivity index is 1.43. The predicted molar refractivity (Wildman–Crippen MR) is 132 cm³/mol. The van der Waals surface area contributed by atoms with Gasteiger partial charge in [-0.1, -0.05) is 24.8 Å². The van der Waals surface area contributed by atoms with E-state index in [1.54, 1.807) is 17.8 Å². The number of aromatic nitrogens is 2. The van der Waals surface area contributed by atoms with Gasteiger partial charge >= 0.3 is 0 Å². The highest BCUT2D eigenvalue weighted by molar-refractivity contribution is 7.99. The van der Waals surface area contributed by atoms with Crippen molar-refractivity contribution in [2.45, 2.75) is 81.6 Å². The van der Waals surface area contributed by atoms with Crippen molar-refractivity contribution >= 4 is 34.8 Å². The molecule has 4 unspecified atom stereocenters. The molecule has 3 aliphatic rings. The number of ether oxygens (including phenoxy) is 2. The van der Waals surface area contributed by atoms with Crippen molar-refractivity contribution < 1.29 is 18.3 Å². The highest BCUT2D eigenvalue weighted by Gasteiger charge is 2.49. The summed E-state index contributed by atoms with van der Waals surface area (Å²) in [4.78, 5) is 14.1. The Bertz CT molecular complexity index is 1150. The maximum absolute atomic E-state index is 13.7. The lowest BCUT2D eigenvalue weighted by molar-refractivity contribution is -0.152. The van der Waals surface area contributed by atoms with Gasteiger partial charge in [0, 0.05) is 17.4 Å². The quantitative estimate of drug-likeness (QED) is 0.202. The number of thioether (sulfide) groups is 1. The van der Waals surface area contributed by atoms with Gasteiger partial charge < -0.3 is 20.2 Å². The molecular formula is C24H30F2N6O2S. The van der Waals surface area contributed by atoms with E-state index in [9.17, 15) is 8.78 Å². The van der Waals surface area contributed by atoms with Gasteiger partial charge in [-0.05, 0) is 57.2 Å². The summed E-state index contributed by atoms with van der Waals surface area (Å²) in [6, 6.07) is 3.96. The molecule has 8 nitrogen and oxygen atoms in total. The molecule has 0 bridgehead atoms. The van der Waals surface area contributed by atoms with Crippen LogP contribution >= 0.6 is 11.8 Å². The van der Waals surface area contributed by atoms with Gasteiger partial charge in [-0.25, -0.2) is 23.7 Å². The van der Waals surface area contributed by atoms with E-state index in [1.165, 1.54) is 6.07 Å². The van der Waals surface area contributed by atoms with E-state index in [0.717, 1.165) is 36.8 Å². The summed E-state index contributed by atoms with van der Waals surface area (Å²) >= 11 is 1.55. The van der Waals surface area contributed by atoms with E-state index in [1.807, 2.05) is 13.8 Å². The minimum atomic E-state index is -0.860. The van der Waals surface area contributed by atoms with Crippen LogP contribution in [0, 0.1) is 11.6 Å². The third-order valence-corrected chi connectivity index (χ3v) is 7.46. The number of fused-ring (bicyclic) bond motifs is 1. The van der Waals surface area contributed by atoms with E-state index in [4.69, 9.17) is 25.3 Å². The Morgan fingerprint density at radius 2 is 2.03 bits per heavy atom. The van der Waals surface area contributed by atoms with Crippen molar-refractivity contribution in [3.63, 3.8) is 0 Å². The second-order valence-corrected chi connectivity index (χ2v) is 10.6. The summed E-state index contributed by atoms with van der Waals surface area (Å²) in [7, 11) is 0. The summed E-state index contributed by atoms with van der Waals surface area (Å²) in [5.74, 6) is 5.34. The van der Waals surface area contributed by atoms with Gasteiger partial charge in [-0.15, -0.1) is 0 Å². The Hall–Kier alpha value is -2.34. The highest BCUT2D eigenvalue weighted by Crippen LogP contribution is 2.43. The topological polar surface area (TPSA) is 107 Å². The van der Waals surface area contributed by atoms with Crippen molar-refractivity contribution in [2.24, 2.45) is 10.8 Å². The number of halogens is 2. The number of nitrogens with zero attached hydrogens (tertiary/aromatic N) is 3. The third-order valence-electron chi connectivity index (χ3n) is 6.40. The lowest BCUT2D eigenvalue weighted by atomic mass is 10.1. The van der Waals surface area contributed by atoms with Gasteiger partial charge in [0.05, 0.1) is 12.1 Å². The smallest absolute Gasteiger partial charge is 0.191 e. The monoisotopic (exact) mass is 504 g/mol. The number of benzene rings is 1. The molecule has 2 heterocycles. The van der Waals surface area contributed by atoms with Crippen LogP contribution in [-0.2, 0) is 9.47 Å². The SMILES string of the molecule is CCCSc1nc(N=C2CC2c2ccc(F)c(F)c2)c(NN)c(NC2CCC3OC(C)(C)OC23)n1. The number of rotatable bonds is 8. The van der Waals surface area contributed by atoms with Gasteiger partial charge in [0.2, 0.25) is 0 Å². The van der Waals surface area contributed by atoms with Gasteiger partial charge in [0.15, 0.2) is 34.2 Å². The lowest BCUT2D eigenvalue weighted by Crippen LogP contribution is -2.35. The largest absolute Gasteiger partial charge is 0.363 e. The summed E-state index contributed by atoms with van der Waals surface area (Å²) in [5.41, 5.74) is 4.72. The van der Waals surface area contributed by atoms with Crippen LogP contribution in [0.4, 0.5) is 26.1 Å². The lowest BCUT2D eigenvalue weighted by Gasteiger charge is -2.24. The second kappa shape index (κ2) is 9.61. The number of nitrogen functional groups attached to an aromatic ring is 1. The van der Waals surface area contributed by atoms with Crippen LogP contribution in [0.2, 0.25) is 0 Å². The van der Waals surface area contributed by atoms with Crippen molar-refractivity contribution in [3.05, 3.63) is 35.4 Å². The molecule has 5 rings (SSSR count). The van der Waals surface area contributed by atoms with Crippen LogP contribution in [0.25, 0.3) is 0 Å². The molecule has 4 atom stereocenters. The van der Waals surface area contributed by atoms with Gasteiger partial charge in [-0.2, -0.15) is 0 Å². The van der Waals surface area contributed by atoms with Crippen LogP contribution in [0.1, 0.15) is 57.9 Å². The van der Waals surface area contributed by atoms with E-state index in [0.29, 0.717) is 34.5 Å². The Kier molecular flexibility index (Phi) is 6.69. The van der Waals surface area contributed by atoms with E-state index in [-0.39, 0.29) is 24.2 Å². The molecule has 11 heteroatoms. The molecule has 2 aromatic rings. The molecule has 0 amide bonds. The van der Waals surface area contributed by atoms with E-state index in [2.05, 4.69) is 22.7 Å². The molecule has 4 N–H and O–H groups in total. The van der Waals surface area contributed by atoms with Gasteiger partial charge in [0.25, 0.3) is 0 Å². The molecule has 3 fully saturated rings. The average molecular weight is 505 g/mol. The van der Waals surface area contributed by atoms with E-state index < -0.39 is 17.4 Å².